The predicted molar refractivity (Wildman–Crippen MR) is 131 cm³/mol. The van der Waals surface area contributed by atoms with E-state index in [9.17, 15) is 9.90 Å². The summed E-state index contributed by atoms with van der Waals surface area (Å²) in [6, 6.07) is 20.9. The zero-order valence-corrected chi connectivity index (χ0v) is 19.1. The second kappa shape index (κ2) is 8.76. The van der Waals surface area contributed by atoms with Crippen LogP contribution in [0.25, 0.3) is 17.2 Å². The van der Waals surface area contributed by atoms with Crippen LogP contribution in [-0.4, -0.2) is 16.8 Å². The van der Waals surface area contributed by atoms with Crippen LogP contribution >= 0.6 is 11.8 Å². The fourth-order valence-corrected chi connectivity index (χ4v) is 5.01. The molecule has 3 aromatic carbocycles. The van der Waals surface area contributed by atoms with Gasteiger partial charge in [-0.25, -0.2) is 4.79 Å². The summed E-state index contributed by atoms with van der Waals surface area (Å²) in [6.07, 6.45) is 6.05. The van der Waals surface area contributed by atoms with Crippen LogP contribution in [0.5, 0.6) is 0 Å². The highest BCUT2D eigenvalue weighted by molar-refractivity contribution is 7.99. The number of hydrogen-bond donors (Lipinski definition) is 1. The second-order valence-electron chi connectivity index (χ2n) is 8.75. The molecular weight excluding hydrogens is 400 g/mol. The Morgan fingerprint density at radius 3 is 2.45 bits per heavy atom. The maximum absolute atomic E-state index is 12.0. The zero-order valence-electron chi connectivity index (χ0n) is 18.3. The van der Waals surface area contributed by atoms with Gasteiger partial charge in [0.15, 0.2) is 0 Å². The number of thioether (sulfide) groups is 1. The highest BCUT2D eigenvalue weighted by Gasteiger charge is 2.25. The molecule has 1 heterocycles. The molecule has 31 heavy (non-hydrogen) atoms. The van der Waals surface area contributed by atoms with E-state index in [4.69, 9.17) is 0 Å². The minimum absolute atomic E-state index is 0.195. The molecule has 3 heteroatoms. The normalized spacial score (nSPS) is 13.1. The summed E-state index contributed by atoms with van der Waals surface area (Å²) in [7, 11) is 0. The van der Waals surface area contributed by atoms with Crippen LogP contribution in [0.1, 0.15) is 53.4 Å². The standard InChI is InChI=1S/C28H28O2S/c1-4-19-7-9-20(10-8-19)21-11-13-25(27(29)30)23(16-21)18-28(2,3)24-12-14-26-22(17-24)6-5-15-31-26/h5-14,16-17H,4,15,18H2,1-3H3,(H,29,30). The number of carbonyl (C=O) groups is 1. The van der Waals surface area contributed by atoms with Crippen LogP contribution in [0, 0.1) is 0 Å². The van der Waals surface area contributed by atoms with Gasteiger partial charge in [-0.1, -0.05) is 81.5 Å². The van der Waals surface area contributed by atoms with Crippen LogP contribution in [0.2, 0.25) is 0 Å². The lowest BCUT2D eigenvalue weighted by Gasteiger charge is -2.28. The molecule has 0 fully saturated rings. The van der Waals surface area contributed by atoms with E-state index in [0.29, 0.717) is 12.0 Å². The number of aryl methyl sites for hydroxylation is 1. The maximum Gasteiger partial charge on any atom is 0.335 e. The van der Waals surface area contributed by atoms with Gasteiger partial charge in [0, 0.05) is 10.6 Å². The van der Waals surface area contributed by atoms with Crippen molar-refractivity contribution in [3.63, 3.8) is 0 Å². The van der Waals surface area contributed by atoms with Gasteiger partial charge in [-0.15, -0.1) is 11.8 Å². The Balaban J connectivity index is 1.70. The Bertz CT molecular complexity index is 1140. The maximum atomic E-state index is 12.0. The van der Waals surface area contributed by atoms with E-state index in [-0.39, 0.29) is 5.41 Å². The van der Waals surface area contributed by atoms with Gasteiger partial charge in [-0.3, -0.25) is 0 Å². The van der Waals surface area contributed by atoms with E-state index >= 15 is 0 Å². The second-order valence-corrected chi connectivity index (χ2v) is 9.82. The highest BCUT2D eigenvalue weighted by atomic mass is 32.2. The first kappa shape index (κ1) is 21.5. The molecule has 0 spiro atoms. The Morgan fingerprint density at radius 1 is 1.00 bits per heavy atom. The predicted octanol–water partition coefficient (Wildman–Crippen LogP) is 7.25. The number of hydrogen-bond acceptors (Lipinski definition) is 2. The first-order valence-electron chi connectivity index (χ1n) is 10.8. The number of fused-ring (bicyclic) bond motifs is 1. The van der Waals surface area contributed by atoms with Crippen molar-refractivity contribution in [2.24, 2.45) is 0 Å². The fraction of sp³-hybridized carbons (Fsp3) is 0.250. The number of benzene rings is 3. The first-order chi connectivity index (χ1) is 14.9. The van der Waals surface area contributed by atoms with Gasteiger partial charge in [0.2, 0.25) is 0 Å². The van der Waals surface area contributed by atoms with Gasteiger partial charge in [0.1, 0.15) is 0 Å². The molecule has 0 atom stereocenters. The van der Waals surface area contributed by atoms with Gasteiger partial charge < -0.3 is 5.11 Å². The topological polar surface area (TPSA) is 37.3 Å². The van der Waals surface area contributed by atoms with Crippen molar-refractivity contribution in [2.75, 3.05) is 5.75 Å². The van der Waals surface area contributed by atoms with Crippen molar-refractivity contribution in [3.05, 3.63) is 94.6 Å². The summed E-state index contributed by atoms with van der Waals surface area (Å²) < 4.78 is 0. The molecular formula is C28H28O2S. The van der Waals surface area contributed by atoms with E-state index in [2.05, 4.69) is 81.5 Å². The molecule has 0 saturated carbocycles. The smallest absolute Gasteiger partial charge is 0.335 e. The average molecular weight is 429 g/mol. The van der Waals surface area contributed by atoms with Crippen LogP contribution in [0.3, 0.4) is 0 Å². The number of aromatic carboxylic acids is 1. The third-order valence-corrected chi connectivity index (χ3v) is 7.13. The van der Waals surface area contributed by atoms with Gasteiger partial charge in [0.05, 0.1) is 5.56 Å². The lowest BCUT2D eigenvalue weighted by molar-refractivity contribution is 0.0695. The molecule has 2 nitrogen and oxygen atoms in total. The van der Waals surface area contributed by atoms with Crippen molar-refractivity contribution in [1.82, 2.24) is 0 Å². The van der Waals surface area contributed by atoms with Crippen molar-refractivity contribution >= 4 is 23.8 Å². The van der Waals surface area contributed by atoms with Crippen molar-refractivity contribution < 1.29 is 9.90 Å². The number of carboxylic acids is 1. The van der Waals surface area contributed by atoms with Crippen molar-refractivity contribution in [1.29, 1.82) is 0 Å². The molecule has 3 aromatic rings. The van der Waals surface area contributed by atoms with Crippen LogP contribution < -0.4 is 0 Å². The SMILES string of the molecule is CCc1ccc(-c2ccc(C(=O)O)c(CC(C)(C)c3ccc4c(c3)C=CCS4)c2)cc1. The quantitative estimate of drug-likeness (QED) is 0.449. The lowest BCUT2D eigenvalue weighted by atomic mass is 9.77. The van der Waals surface area contributed by atoms with E-state index in [1.165, 1.54) is 21.6 Å². The first-order valence-corrected chi connectivity index (χ1v) is 11.8. The van der Waals surface area contributed by atoms with Crippen LogP contribution in [0.15, 0.2) is 71.6 Å². The van der Waals surface area contributed by atoms with Gasteiger partial charge in [0.25, 0.3) is 0 Å². The Kier molecular flexibility index (Phi) is 6.06. The number of carboxylic acid groups (broad SMARTS) is 1. The van der Waals surface area contributed by atoms with E-state index in [1.54, 1.807) is 6.07 Å². The van der Waals surface area contributed by atoms with E-state index < -0.39 is 5.97 Å². The summed E-state index contributed by atoms with van der Waals surface area (Å²) in [6.45, 7) is 6.54. The van der Waals surface area contributed by atoms with Gasteiger partial charge in [-0.2, -0.15) is 0 Å². The monoisotopic (exact) mass is 428 g/mol. The fourth-order valence-electron chi connectivity index (χ4n) is 4.18. The molecule has 1 aliphatic rings. The molecule has 0 aliphatic carbocycles. The molecule has 4 rings (SSSR count). The van der Waals surface area contributed by atoms with Gasteiger partial charge >= 0.3 is 5.97 Å². The summed E-state index contributed by atoms with van der Waals surface area (Å²) in [5, 5.41) is 9.81. The Labute approximate surface area is 189 Å². The molecule has 0 radical (unpaired) electrons. The minimum atomic E-state index is -0.872. The lowest BCUT2D eigenvalue weighted by Crippen LogP contribution is -2.22. The third-order valence-electron chi connectivity index (χ3n) is 6.09. The largest absolute Gasteiger partial charge is 0.478 e. The highest BCUT2D eigenvalue weighted by Crippen LogP contribution is 2.36. The van der Waals surface area contributed by atoms with E-state index in [0.717, 1.165) is 28.9 Å². The molecule has 0 unspecified atom stereocenters. The summed E-state index contributed by atoms with van der Waals surface area (Å²) in [5.74, 6) is 0.146. The Hall–Kier alpha value is -2.78. The molecule has 0 aromatic heterocycles. The molecule has 1 N–H and O–H groups in total. The average Bonchev–Trinajstić information content (AvgIpc) is 2.78. The molecule has 0 saturated heterocycles. The molecule has 0 amide bonds. The molecule has 0 bridgehead atoms. The third kappa shape index (κ3) is 4.62. The minimum Gasteiger partial charge on any atom is -0.478 e. The summed E-state index contributed by atoms with van der Waals surface area (Å²) >= 11 is 1.86. The van der Waals surface area contributed by atoms with Crippen molar-refractivity contribution in [3.8, 4) is 11.1 Å². The zero-order chi connectivity index (χ0) is 22.0. The number of rotatable bonds is 6. The van der Waals surface area contributed by atoms with Gasteiger partial charge in [-0.05, 0) is 63.8 Å². The van der Waals surface area contributed by atoms with Crippen LogP contribution in [-0.2, 0) is 18.3 Å². The molecule has 158 valence electrons. The van der Waals surface area contributed by atoms with E-state index in [1.807, 2.05) is 17.8 Å². The summed E-state index contributed by atoms with van der Waals surface area (Å²) in [5.41, 5.74) is 7.02. The summed E-state index contributed by atoms with van der Waals surface area (Å²) in [4.78, 5) is 13.3. The Morgan fingerprint density at radius 2 is 1.74 bits per heavy atom. The van der Waals surface area contributed by atoms with Crippen molar-refractivity contribution in [2.45, 2.75) is 43.9 Å². The molecule has 1 aliphatic heterocycles. The van der Waals surface area contributed by atoms with Crippen LogP contribution in [0.4, 0.5) is 0 Å².